The molecule has 1 fully saturated rings. The van der Waals surface area contributed by atoms with Crippen molar-refractivity contribution in [2.45, 2.75) is 13.0 Å². The fourth-order valence-electron chi connectivity index (χ4n) is 1.83. The molecule has 1 aromatic rings. The molecule has 0 bridgehead atoms. The van der Waals surface area contributed by atoms with E-state index >= 15 is 0 Å². The van der Waals surface area contributed by atoms with Crippen molar-refractivity contribution < 1.29 is 23.1 Å². The number of carbonyl (C=O) groups is 2. The molecule has 2 rings (SSSR count). The highest BCUT2D eigenvalue weighted by Gasteiger charge is 2.24. The lowest BCUT2D eigenvalue weighted by molar-refractivity contribution is -0.123. The summed E-state index contributed by atoms with van der Waals surface area (Å²) in [6, 6.07) is 6.01. The van der Waals surface area contributed by atoms with E-state index in [2.05, 4.69) is 10.1 Å². The van der Waals surface area contributed by atoms with E-state index in [0.717, 1.165) is 0 Å². The number of nitrogens with one attached hydrogen (secondary N) is 1. The average molecular weight is 270 g/mol. The van der Waals surface area contributed by atoms with Gasteiger partial charge in [-0.1, -0.05) is 12.1 Å². The monoisotopic (exact) mass is 270 g/mol. The van der Waals surface area contributed by atoms with Crippen LogP contribution in [0, 0.1) is 0 Å². The Labute approximate surface area is 108 Å². The molecule has 0 aromatic heterocycles. The number of ether oxygens (including phenoxy) is 1. The summed E-state index contributed by atoms with van der Waals surface area (Å²) in [5.74, 6) is -0.695. The second-order valence-corrected chi connectivity index (χ2v) is 3.92. The smallest absolute Gasteiger partial charge is 0.387 e. The summed E-state index contributed by atoms with van der Waals surface area (Å²) in [6.07, 6.45) is 0.120. The van der Waals surface area contributed by atoms with Crippen LogP contribution in [0.15, 0.2) is 24.3 Å². The standard InChI is InChI=1S/C12H12F2N2O3/c13-12(14)19-9-4-2-1-3-8(9)16-6-5-10(17)15-7-11(16)18/h1-4,12H,5-7H2,(H,15,17). The average Bonchev–Trinajstić information content (AvgIpc) is 2.52. The molecular weight excluding hydrogens is 258 g/mol. The van der Waals surface area contributed by atoms with Crippen molar-refractivity contribution in [3.05, 3.63) is 24.3 Å². The van der Waals surface area contributed by atoms with E-state index in [1.165, 1.54) is 23.1 Å². The lowest BCUT2D eigenvalue weighted by atomic mass is 10.2. The zero-order valence-electron chi connectivity index (χ0n) is 9.94. The van der Waals surface area contributed by atoms with Gasteiger partial charge in [0.15, 0.2) is 0 Å². The molecule has 0 saturated carbocycles. The number of benzene rings is 1. The molecule has 1 saturated heterocycles. The van der Waals surface area contributed by atoms with E-state index in [1.807, 2.05) is 0 Å². The van der Waals surface area contributed by atoms with Gasteiger partial charge in [-0.25, -0.2) is 0 Å². The van der Waals surface area contributed by atoms with Gasteiger partial charge in [0.2, 0.25) is 11.8 Å². The predicted octanol–water partition coefficient (Wildman–Crippen LogP) is 1.14. The molecule has 102 valence electrons. The van der Waals surface area contributed by atoms with Gasteiger partial charge < -0.3 is 15.0 Å². The number of anilines is 1. The Hall–Kier alpha value is -2.18. The summed E-state index contributed by atoms with van der Waals surface area (Å²) in [6.45, 7) is -2.99. The molecule has 5 nitrogen and oxygen atoms in total. The van der Waals surface area contributed by atoms with E-state index in [9.17, 15) is 18.4 Å². The number of hydrogen-bond donors (Lipinski definition) is 1. The summed E-state index contributed by atoms with van der Waals surface area (Å²) in [4.78, 5) is 24.4. The van der Waals surface area contributed by atoms with Crippen LogP contribution in [0.3, 0.4) is 0 Å². The highest BCUT2D eigenvalue weighted by molar-refractivity contribution is 5.99. The maximum absolute atomic E-state index is 12.3. The second kappa shape index (κ2) is 5.64. The van der Waals surface area contributed by atoms with Crippen molar-refractivity contribution in [2.75, 3.05) is 18.0 Å². The Morgan fingerprint density at radius 3 is 2.74 bits per heavy atom. The van der Waals surface area contributed by atoms with Crippen molar-refractivity contribution in [2.24, 2.45) is 0 Å². The fourth-order valence-corrected chi connectivity index (χ4v) is 1.83. The zero-order chi connectivity index (χ0) is 13.8. The summed E-state index contributed by atoms with van der Waals surface area (Å²) in [7, 11) is 0. The van der Waals surface area contributed by atoms with E-state index in [4.69, 9.17) is 0 Å². The van der Waals surface area contributed by atoms with Gasteiger partial charge in [-0.15, -0.1) is 0 Å². The molecule has 2 amide bonds. The number of alkyl halides is 2. The van der Waals surface area contributed by atoms with Crippen molar-refractivity contribution in [1.82, 2.24) is 5.32 Å². The first kappa shape index (κ1) is 13.3. The van der Waals surface area contributed by atoms with E-state index in [-0.39, 0.29) is 42.8 Å². The summed E-state index contributed by atoms with van der Waals surface area (Å²) in [5, 5.41) is 2.44. The maximum Gasteiger partial charge on any atom is 0.387 e. The van der Waals surface area contributed by atoms with Crippen molar-refractivity contribution in [3.8, 4) is 5.75 Å². The van der Waals surface area contributed by atoms with Crippen molar-refractivity contribution in [3.63, 3.8) is 0 Å². The summed E-state index contributed by atoms with van der Waals surface area (Å²) >= 11 is 0. The second-order valence-electron chi connectivity index (χ2n) is 3.92. The van der Waals surface area contributed by atoms with Crippen LogP contribution in [0.1, 0.15) is 6.42 Å². The van der Waals surface area contributed by atoms with E-state index < -0.39 is 6.61 Å². The van der Waals surface area contributed by atoms with Crippen LogP contribution in [0.4, 0.5) is 14.5 Å². The number of rotatable bonds is 3. The molecule has 1 aliphatic heterocycles. The SMILES string of the molecule is O=C1CCN(c2ccccc2OC(F)F)C(=O)CN1. The Kier molecular flexibility index (Phi) is 3.94. The number of nitrogens with zero attached hydrogens (tertiary/aromatic N) is 1. The predicted molar refractivity (Wildman–Crippen MR) is 63.1 cm³/mol. The maximum atomic E-state index is 12.3. The molecular formula is C12H12F2N2O3. The van der Waals surface area contributed by atoms with Gasteiger partial charge in [0.25, 0.3) is 0 Å². The van der Waals surface area contributed by atoms with Gasteiger partial charge in [0.1, 0.15) is 5.75 Å². The molecule has 0 radical (unpaired) electrons. The lowest BCUT2D eigenvalue weighted by Gasteiger charge is -2.22. The minimum atomic E-state index is -2.97. The third-order valence-electron chi connectivity index (χ3n) is 2.67. The molecule has 0 unspecified atom stereocenters. The van der Waals surface area contributed by atoms with Gasteiger partial charge in [0.05, 0.1) is 12.2 Å². The highest BCUT2D eigenvalue weighted by Crippen LogP contribution is 2.30. The Balaban J connectivity index is 2.29. The van der Waals surface area contributed by atoms with Crippen LogP contribution in [0.2, 0.25) is 0 Å². The largest absolute Gasteiger partial charge is 0.433 e. The number of para-hydroxylation sites is 2. The first-order valence-electron chi connectivity index (χ1n) is 5.69. The number of amides is 2. The van der Waals surface area contributed by atoms with Crippen LogP contribution in [0.5, 0.6) is 5.75 Å². The summed E-state index contributed by atoms with van der Waals surface area (Å²) < 4.78 is 29.0. The number of hydrogen-bond acceptors (Lipinski definition) is 3. The molecule has 0 atom stereocenters. The van der Waals surface area contributed by atoms with Crippen LogP contribution in [-0.4, -0.2) is 31.5 Å². The Morgan fingerprint density at radius 2 is 2.00 bits per heavy atom. The van der Waals surface area contributed by atoms with Gasteiger partial charge in [-0.05, 0) is 12.1 Å². The van der Waals surface area contributed by atoms with E-state index in [0.29, 0.717) is 0 Å². The fraction of sp³-hybridized carbons (Fsp3) is 0.333. The first-order chi connectivity index (χ1) is 9.08. The normalized spacial score (nSPS) is 16.3. The van der Waals surface area contributed by atoms with Crippen LogP contribution >= 0.6 is 0 Å². The molecule has 0 spiro atoms. The van der Waals surface area contributed by atoms with Crippen LogP contribution < -0.4 is 15.0 Å². The summed E-state index contributed by atoms with van der Waals surface area (Å²) in [5.41, 5.74) is 0.240. The molecule has 1 aromatic carbocycles. The molecule has 0 aliphatic carbocycles. The molecule has 1 N–H and O–H groups in total. The van der Waals surface area contributed by atoms with E-state index in [1.54, 1.807) is 6.07 Å². The van der Waals surface area contributed by atoms with Gasteiger partial charge >= 0.3 is 6.61 Å². The number of halogens is 2. The number of carbonyl (C=O) groups excluding carboxylic acids is 2. The minimum absolute atomic E-state index is 0.0831. The Bertz CT molecular complexity index is 494. The third kappa shape index (κ3) is 3.18. The molecule has 1 heterocycles. The van der Waals surface area contributed by atoms with Gasteiger partial charge in [0, 0.05) is 13.0 Å². The zero-order valence-corrected chi connectivity index (χ0v) is 9.94. The topological polar surface area (TPSA) is 58.6 Å². The first-order valence-corrected chi connectivity index (χ1v) is 5.69. The molecule has 1 aliphatic rings. The molecule has 7 heteroatoms. The molecule has 19 heavy (non-hydrogen) atoms. The van der Waals surface area contributed by atoms with Crippen molar-refractivity contribution >= 4 is 17.5 Å². The Morgan fingerprint density at radius 1 is 1.26 bits per heavy atom. The lowest BCUT2D eigenvalue weighted by Crippen LogP contribution is -2.35. The van der Waals surface area contributed by atoms with Crippen LogP contribution in [0.25, 0.3) is 0 Å². The van der Waals surface area contributed by atoms with Crippen LogP contribution in [-0.2, 0) is 9.59 Å². The van der Waals surface area contributed by atoms with Crippen molar-refractivity contribution in [1.29, 1.82) is 0 Å². The third-order valence-corrected chi connectivity index (χ3v) is 2.67. The highest BCUT2D eigenvalue weighted by atomic mass is 19.3. The van der Waals surface area contributed by atoms with Gasteiger partial charge in [-0.2, -0.15) is 8.78 Å². The quantitative estimate of drug-likeness (QED) is 0.896. The van der Waals surface area contributed by atoms with Gasteiger partial charge in [-0.3, -0.25) is 9.59 Å². The minimum Gasteiger partial charge on any atom is -0.433 e.